The van der Waals surface area contributed by atoms with Crippen LogP contribution in [0.5, 0.6) is 0 Å². The van der Waals surface area contributed by atoms with E-state index in [2.05, 4.69) is 180 Å². The predicted octanol–water partition coefficient (Wildman–Crippen LogP) is 10.9. The molecule has 0 heterocycles. The molecule has 0 N–H and O–H groups in total. The van der Waals surface area contributed by atoms with E-state index in [9.17, 15) is 0 Å². The molecule has 0 fully saturated rings. The van der Waals surface area contributed by atoms with Gasteiger partial charge in [0.2, 0.25) is 0 Å². The molecule has 0 aliphatic rings. The summed E-state index contributed by atoms with van der Waals surface area (Å²) in [4.78, 5) is 4.70. The van der Waals surface area contributed by atoms with Gasteiger partial charge < -0.3 is 9.80 Å². The van der Waals surface area contributed by atoms with Crippen LogP contribution in [0.15, 0.2) is 170 Å². The molecular formula is C38H28N2. The second-order valence-electron chi connectivity index (χ2n) is 9.86. The molecule has 0 saturated heterocycles. The Kier molecular flexibility index (Phi) is 6.20. The SMILES string of the molecule is c1ccc(N(c2ccccc2)c2ccc3c(c2)c(N(c2ccccc2)c2ccccc2)cc2ccccc23)cc1. The van der Waals surface area contributed by atoms with E-state index in [-0.39, 0.29) is 0 Å². The van der Waals surface area contributed by atoms with Crippen LogP contribution in [0.25, 0.3) is 21.5 Å². The maximum atomic E-state index is 2.37. The zero-order chi connectivity index (χ0) is 26.7. The third-order valence-corrected chi connectivity index (χ3v) is 7.38. The molecule has 0 bridgehead atoms. The minimum atomic E-state index is 1.11. The van der Waals surface area contributed by atoms with Crippen molar-refractivity contribution in [3.05, 3.63) is 170 Å². The van der Waals surface area contributed by atoms with Crippen molar-refractivity contribution in [2.45, 2.75) is 0 Å². The van der Waals surface area contributed by atoms with Crippen LogP contribution in [0.1, 0.15) is 0 Å². The maximum Gasteiger partial charge on any atom is 0.0547 e. The van der Waals surface area contributed by atoms with Gasteiger partial charge in [-0.2, -0.15) is 0 Å². The molecule has 0 spiro atoms. The van der Waals surface area contributed by atoms with E-state index in [4.69, 9.17) is 0 Å². The first kappa shape index (κ1) is 23.8. The largest absolute Gasteiger partial charge is 0.310 e. The zero-order valence-corrected chi connectivity index (χ0v) is 22.1. The van der Waals surface area contributed by atoms with Crippen molar-refractivity contribution in [1.29, 1.82) is 0 Å². The monoisotopic (exact) mass is 512 g/mol. The normalized spacial score (nSPS) is 11.0. The second-order valence-corrected chi connectivity index (χ2v) is 9.86. The molecule has 0 unspecified atom stereocenters. The Morgan fingerprint density at radius 1 is 0.275 bits per heavy atom. The summed E-state index contributed by atoms with van der Waals surface area (Å²) >= 11 is 0. The summed E-state index contributed by atoms with van der Waals surface area (Å²) < 4.78 is 0. The average molecular weight is 513 g/mol. The highest BCUT2D eigenvalue weighted by Gasteiger charge is 2.19. The molecule has 0 saturated carbocycles. The van der Waals surface area contributed by atoms with Crippen LogP contribution >= 0.6 is 0 Å². The lowest BCUT2D eigenvalue weighted by Crippen LogP contribution is -2.12. The van der Waals surface area contributed by atoms with Crippen molar-refractivity contribution in [3.63, 3.8) is 0 Å². The highest BCUT2D eigenvalue weighted by Crippen LogP contribution is 2.44. The Morgan fingerprint density at radius 3 is 1.25 bits per heavy atom. The van der Waals surface area contributed by atoms with Gasteiger partial charge in [-0.25, -0.2) is 0 Å². The molecule has 2 nitrogen and oxygen atoms in total. The minimum Gasteiger partial charge on any atom is -0.310 e. The fraction of sp³-hybridized carbons (Fsp3) is 0. The van der Waals surface area contributed by atoms with E-state index in [1.807, 2.05) is 0 Å². The van der Waals surface area contributed by atoms with Crippen LogP contribution in [-0.2, 0) is 0 Å². The molecule has 190 valence electrons. The van der Waals surface area contributed by atoms with Crippen LogP contribution in [-0.4, -0.2) is 0 Å². The summed E-state index contributed by atoms with van der Waals surface area (Å²) in [6.07, 6.45) is 0. The van der Waals surface area contributed by atoms with Gasteiger partial charge in [-0.1, -0.05) is 103 Å². The molecule has 0 radical (unpaired) electrons. The van der Waals surface area contributed by atoms with Crippen molar-refractivity contribution in [3.8, 4) is 0 Å². The number of para-hydroxylation sites is 4. The quantitative estimate of drug-likeness (QED) is 0.204. The van der Waals surface area contributed by atoms with Gasteiger partial charge >= 0.3 is 0 Å². The summed E-state index contributed by atoms with van der Waals surface area (Å²) in [7, 11) is 0. The number of hydrogen-bond acceptors (Lipinski definition) is 2. The van der Waals surface area contributed by atoms with E-state index >= 15 is 0 Å². The maximum absolute atomic E-state index is 2.37. The van der Waals surface area contributed by atoms with E-state index in [0.717, 1.165) is 34.1 Å². The fourth-order valence-electron chi connectivity index (χ4n) is 5.58. The number of fused-ring (bicyclic) bond motifs is 3. The van der Waals surface area contributed by atoms with Gasteiger partial charge in [0.1, 0.15) is 0 Å². The Labute approximate surface area is 235 Å². The van der Waals surface area contributed by atoms with Crippen molar-refractivity contribution in [1.82, 2.24) is 0 Å². The molecule has 0 atom stereocenters. The first-order valence-corrected chi connectivity index (χ1v) is 13.6. The lowest BCUT2D eigenvalue weighted by Gasteiger charge is -2.29. The van der Waals surface area contributed by atoms with Crippen LogP contribution in [0.4, 0.5) is 34.1 Å². The molecule has 40 heavy (non-hydrogen) atoms. The summed E-state index contributed by atoms with van der Waals surface area (Å²) in [5, 5.41) is 4.90. The van der Waals surface area contributed by atoms with E-state index in [0.29, 0.717) is 0 Å². The van der Waals surface area contributed by atoms with Crippen LogP contribution < -0.4 is 9.80 Å². The van der Waals surface area contributed by atoms with Gasteiger partial charge in [-0.3, -0.25) is 0 Å². The smallest absolute Gasteiger partial charge is 0.0547 e. The van der Waals surface area contributed by atoms with Gasteiger partial charge in [-0.05, 0) is 82.9 Å². The molecule has 0 aliphatic carbocycles. The molecule has 7 aromatic carbocycles. The molecule has 0 aliphatic heterocycles. The number of anilines is 6. The number of hydrogen-bond donors (Lipinski definition) is 0. The first-order chi connectivity index (χ1) is 19.9. The fourth-order valence-corrected chi connectivity index (χ4v) is 5.58. The summed E-state index contributed by atoms with van der Waals surface area (Å²) in [5.74, 6) is 0. The second kappa shape index (κ2) is 10.4. The molecule has 0 amide bonds. The van der Waals surface area contributed by atoms with Crippen LogP contribution in [0.2, 0.25) is 0 Å². The molecular weight excluding hydrogens is 484 g/mol. The highest BCUT2D eigenvalue weighted by atomic mass is 15.2. The van der Waals surface area contributed by atoms with Crippen molar-refractivity contribution >= 4 is 55.7 Å². The Bertz CT molecular complexity index is 1800. The number of benzene rings is 7. The lowest BCUT2D eigenvalue weighted by atomic mass is 9.98. The van der Waals surface area contributed by atoms with E-state index in [1.54, 1.807) is 0 Å². The van der Waals surface area contributed by atoms with Crippen molar-refractivity contribution in [2.75, 3.05) is 9.80 Å². The Morgan fingerprint density at radius 2 is 0.725 bits per heavy atom. The number of rotatable bonds is 6. The van der Waals surface area contributed by atoms with Crippen molar-refractivity contribution < 1.29 is 0 Å². The van der Waals surface area contributed by atoms with Gasteiger partial charge in [-0.15, -0.1) is 0 Å². The zero-order valence-electron chi connectivity index (χ0n) is 22.1. The molecule has 7 aromatic rings. The van der Waals surface area contributed by atoms with Crippen molar-refractivity contribution in [2.24, 2.45) is 0 Å². The first-order valence-electron chi connectivity index (χ1n) is 13.6. The Balaban J connectivity index is 1.53. The summed E-state index contributed by atoms with van der Waals surface area (Å²) in [6, 6.07) is 60.3. The molecule has 0 aromatic heterocycles. The lowest BCUT2D eigenvalue weighted by molar-refractivity contribution is 1.28. The van der Waals surface area contributed by atoms with E-state index in [1.165, 1.54) is 21.5 Å². The minimum absolute atomic E-state index is 1.11. The number of nitrogens with zero attached hydrogens (tertiary/aromatic N) is 2. The van der Waals surface area contributed by atoms with Gasteiger partial charge in [0.05, 0.1) is 5.69 Å². The van der Waals surface area contributed by atoms with Gasteiger partial charge in [0.15, 0.2) is 0 Å². The highest BCUT2D eigenvalue weighted by molar-refractivity contribution is 6.15. The summed E-state index contributed by atoms with van der Waals surface area (Å²) in [6.45, 7) is 0. The third kappa shape index (κ3) is 4.36. The predicted molar refractivity (Wildman–Crippen MR) is 171 cm³/mol. The molecule has 2 heteroatoms. The van der Waals surface area contributed by atoms with Gasteiger partial charge in [0.25, 0.3) is 0 Å². The topological polar surface area (TPSA) is 6.48 Å². The Hall–Kier alpha value is -5.34. The summed E-state index contributed by atoms with van der Waals surface area (Å²) in [5.41, 5.74) is 6.76. The standard InChI is InChI=1S/C38H28N2/c1-5-16-30(17-6-1)39(31-18-7-2-8-19-31)34-25-26-36-35-24-14-13-15-29(35)27-38(37(36)28-34)40(32-20-9-3-10-21-32)33-22-11-4-12-23-33/h1-28H. The average Bonchev–Trinajstić information content (AvgIpc) is 3.03. The third-order valence-electron chi connectivity index (χ3n) is 7.38. The molecule has 7 rings (SSSR count). The van der Waals surface area contributed by atoms with Crippen LogP contribution in [0.3, 0.4) is 0 Å². The van der Waals surface area contributed by atoms with Gasteiger partial charge in [0, 0.05) is 33.8 Å². The van der Waals surface area contributed by atoms with Crippen LogP contribution in [0, 0.1) is 0 Å². The van der Waals surface area contributed by atoms with E-state index < -0.39 is 0 Å².